The van der Waals surface area contributed by atoms with Gasteiger partial charge in [0.2, 0.25) is 0 Å². The first-order valence-electron chi connectivity index (χ1n) is 5.83. The molecule has 17 heavy (non-hydrogen) atoms. The van der Waals surface area contributed by atoms with E-state index in [-0.39, 0.29) is 0 Å². The van der Waals surface area contributed by atoms with E-state index in [1.165, 1.54) is 12.2 Å². The lowest BCUT2D eigenvalue weighted by molar-refractivity contribution is 0.720. The summed E-state index contributed by atoms with van der Waals surface area (Å²) in [7, 11) is 0. The molecular weight excluding hydrogens is 250 g/mol. The van der Waals surface area contributed by atoms with Gasteiger partial charge in [-0.05, 0) is 18.6 Å². The van der Waals surface area contributed by atoms with Crippen LogP contribution in [0.5, 0.6) is 0 Å². The highest BCUT2D eigenvalue weighted by molar-refractivity contribution is 8.00. The summed E-state index contributed by atoms with van der Waals surface area (Å²) >= 11 is 6.98. The van der Waals surface area contributed by atoms with Crippen LogP contribution in [0.3, 0.4) is 0 Å². The first-order valence-corrected chi connectivity index (χ1v) is 7.29. The van der Waals surface area contributed by atoms with Crippen LogP contribution in [0.1, 0.15) is 18.9 Å². The summed E-state index contributed by atoms with van der Waals surface area (Å²) in [6.07, 6.45) is 2.98. The van der Waals surface area contributed by atoms with Crippen molar-refractivity contribution in [1.82, 2.24) is 4.98 Å². The molecule has 1 saturated heterocycles. The van der Waals surface area contributed by atoms with Crippen LogP contribution >= 0.6 is 24.0 Å². The first-order chi connectivity index (χ1) is 8.20. The topological polar surface area (TPSA) is 42.1 Å². The summed E-state index contributed by atoms with van der Waals surface area (Å²) in [5, 5.41) is 0.723. The Kier molecular flexibility index (Phi) is 4.23. The molecule has 1 fully saturated rings. The standard InChI is InChI=1S/C12H17N3S2/c1-2-10-8-15(5-6-17-10)11-4-3-9(7-14-11)12(13)16/h3-4,7,10H,2,5-6,8H2,1H3,(H2,13,16). The number of hydrogen-bond acceptors (Lipinski definition) is 4. The van der Waals surface area contributed by atoms with Crippen molar-refractivity contribution in [2.24, 2.45) is 5.73 Å². The predicted molar refractivity (Wildman–Crippen MR) is 78.9 cm³/mol. The van der Waals surface area contributed by atoms with E-state index in [1.807, 2.05) is 12.1 Å². The molecule has 1 atom stereocenters. The van der Waals surface area contributed by atoms with Crippen LogP contribution in [0.25, 0.3) is 0 Å². The molecule has 2 N–H and O–H groups in total. The van der Waals surface area contributed by atoms with Crippen LogP contribution < -0.4 is 10.6 Å². The molecule has 2 rings (SSSR count). The van der Waals surface area contributed by atoms with Crippen molar-refractivity contribution in [3.8, 4) is 0 Å². The molecular formula is C12H17N3S2. The Morgan fingerprint density at radius 1 is 1.65 bits per heavy atom. The average molecular weight is 267 g/mol. The van der Waals surface area contributed by atoms with Crippen molar-refractivity contribution in [3.05, 3.63) is 23.9 Å². The number of nitrogens with two attached hydrogens (primary N) is 1. The Hall–Kier alpha value is -0.810. The van der Waals surface area contributed by atoms with E-state index in [9.17, 15) is 0 Å². The number of thioether (sulfide) groups is 1. The molecule has 0 spiro atoms. The van der Waals surface area contributed by atoms with Crippen molar-refractivity contribution in [2.45, 2.75) is 18.6 Å². The summed E-state index contributed by atoms with van der Waals surface area (Å²) in [6.45, 7) is 4.39. The summed E-state index contributed by atoms with van der Waals surface area (Å²) in [6, 6.07) is 3.96. The molecule has 0 aliphatic carbocycles. The van der Waals surface area contributed by atoms with E-state index in [0.717, 1.165) is 29.7 Å². The first kappa shape index (κ1) is 12.6. The van der Waals surface area contributed by atoms with Gasteiger partial charge in [0.25, 0.3) is 0 Å². The Balaban J connectivity index is 2.08. The van der Waals surface area contributed by atoms with Gasteiger partial charge in [-0.15, -0.1) is 0 Å². The summed E-state index contributed by atoms with van der Waals surface area (Å²) < 4.78 is 0. The fourth-order valence-electron chi connectivity index (χ4n) is 1.89. The minimum absolute atomic E-state index is 0.407. The van der Waals surface area contributed by atoms with E-state index in [1.54, 1.807) is 6.20 Å². The average Bonchev–Trinajstić information content (AvgIpc) is 2.39. The molecule has 1 aromatic rings. The number of anilines is 1. The van der Waals surface area contributed by atoms with Crippen molar-refractivity contribution in [2.75, 3.05) is 23.7 Å². The van der Waals surface area contributed by atoms with Crippen molar-refractivity contribution in [1.29, 1.82) is 0 Å². The lowest BCUT2D eigenvalue weighted by atomic mass is 10.2. The normalized spacial score (nSPS) is 20.3. The van der Waals surface area contributed by atoms with Gasteiger partial charge >= 0.3 is 0 Å². The maximum absolute atomic E-state index is 5.56. The Bertz CT molecular complexity index is 391. The van der Waals surface area contributed by atoms with E-state index >= 15 is 0 Å². The fourth-order valence-corrected chi connectivity index (χ4v) is 3.19. The minimum atomic E-state index is 0.407. The zero-order chi connectivity index (χ0) is 12.3. The Morgan fingerprint density at radius 3 is 3.06 bits per heavy atom. The zero-order valence-electron chi connectivity index (χ0n) is 9.93. The van der Waals surface area contributed by atoms with Crippen LogP contribution in [0, 0.1) is 0 Å². The highest BCUT2D eigenvalue weighted by Crippen LogP contribution is 2.24. The fraction of sp³-hybridized carbons (Fsp3) is 0.500. The van der Waals surface area contributed by atoms with Crippen molar-refractivity contribution < 1.29 is 0 Å². The van der Waals surface area contributed by atoms with Gasteiger partial charge < -0.3 is 10.6 Å². The van der Waals surface area contributed by atoms with Crippen LogP contribution in [-0.4, -0.2) is 34.1 Å². The van der Waals surface area contributed by atoms with E-state index in [2.05, 4.69) is 28.6 Å². The van der Waals surface area contributed by atoms with Gasteiger partial charge in [0.05, 0.1) is 0 Å². The highest BCUT2D eigenvalue weighted by atomic mass is 32.2. The highest BCUT2D eigenvalue weighted by Gasteiger charge is 2.19. The van der Waals surface area contributed by atoms with Gasteiger partial charge in [-0.3, -0.25) is 0 Å². The van der Waals surface area contributed by atoms with Gasteiger partial charge in [-0.2, -0.15) is 11.8 Å². The number of aromatic nitrogens is 1. The monoisotopic (exact) mass is 267 g/mol. The molecule has 1 aliphatic rings. The molecule has 92 valence electrons. The second-order valence-corrected chi connectivity index (χ2v) is 5.96. The molecule has 0 amide bonds. The Morgan fingerprint density at radius 2 is 2.47 bits per heavy atom. The molecule has 1 aliphatic heterocycles. The molecule has 1 aromatic heterocycles. The molecule has 5 heteroatoms. The molecule has 3 nitrogen and oxygen atoms in total. The smallest absolute Gasteiger partial charge is 0.128 e. The summed E-state index contributed by atoms with van der Waals surface area (Å²) in [5.41, 5.74) is 6.40. The second-order valence-electron chi connectivity index (χ2n) is 4.12. The van der Waals surface area contributed by atoms with Gasteiger partial charge in [0.1, 0.15) is 10.8 Å². The quantitative estimate of drug-likeness (QED) is 0.849. The third-order valence-corrected chi connectivity index (χ3v) is 4.56. The lowest BCUT2D eigenvalue weighted by Gasteiger charge is -2.32. The van der Waals surface area contributed by atoms with Crippen LogP contribution in [-0.2, 0) is 0 Å². The summed E-state index contributed by atoms with van der Waals surface area (Å²) in [5.74, 6) is 2.21. The molecule has 0 bridgehead atoms. The molecule has 0 radical (unpaired) electrons. The van der Waals surface area contributed by atoms with Crippen LogP contribution in [0.15, 0.2) is 18.3 Å². The molecule has 1 unspecified atom stereocenters. The van der Waals surface area contributed by atoms with Gasteiger partial charge in [-0.25, -0.2) is 4.98 Å². The minimum Gasteiger partial charge on any atom is -0.389 e. The van der Waals surface area contributed by atoms with Gasteiger partial charge in [-0.1, -0.05) is 19.1 Å². The van der Waals surface area contributed by atoms with Crippen molar-refractivity contribution in [3.63, 3.8) is 0 Å². The number of hydrogen-bond donors (Lipinski definition) is 1. The van der Waals surface area contributed by atoms with Gasteiger partial charge in [0, 0.05) is 35.9 Å². The van der Waals surface area contributed by atoms with Crippen LogP contribution in [0.2, 0.25) is 0 Å². The number of thiocarbonyl (C=S) groups is 1. The van der Waals surface area contributed by atoms with Gasteiger partial charge in [0.15, 0.2) is 0 Å². The number of pyridine rings is 1. The zero-order valence-corrected chi connectivity index (χ0v) is 11.6. The Labute approximate surface area is 112 Å². The molecule has 0 saturated carbocycles. The molecule has 0 aromatic carbocycles. The van der Waals surface area contributed by atoms with Crippen LogP contribution in [0.4, 0.5) is 5.82 Å². The van der Waals surface area contributed by atoms with E-state index < -0.39 is 0 Å². The SMILES string of the molecule is CCC1CN(c2ccc(C(N)=S)cn2)CCS1. The number of rotatable bonds is 3. The third-order valence-electron chi connectivity index (χ3n) is 2.95. The predicted octanol–water partition coefficient (Wildman–Crippen LogP) is 2.05. The van der Waals surface area contributed by atoms with E-state index in [4.69, 9.17) is 18.0 Å². The second kappa shape index (κ2) is 5.69. The largest absolute Gasteiger partial charge is 0.389 e. The third kappa shape index (κ3) is 3.10. The van der Waals surface area contributed by atoms with Crippen molar-refractivity contribution >= 4 is 34.8 Å². The maximum atomic E-state index is 5.56. The lowest BCUT2D eigenvalue weighted by Crippen LogP contribution is -2.38. The maximum Gasteiger partial charge on any atom is 0.128 e. The number of nitrogens with zero attached hydrogens (tertiary/aromatic N) is 2. The molecule has 2 heterocycles. The van der Waals surface area contributed by atoms with E-state index in [0.29, 0.717) is 4.99 Å². The summed E-state index contributed by atoms with van der Waals surface area (Å²) in [4.78, 5) is 7.19.